The molecule has 0 bridgehead atoms. The van der Waals surface area contributed by atoms with Crippen LogP contribution in [0.2, 0.25) is 10.0 Å². The first-order chi connectivity index (χ1) is 11.9. The number of para-hydroxylation sites is 1. The number of halogens is 2. The quantitative estimate of drug-likeness (QED) is 0.883. The van der Waals surface area contributed by atoms with Gasteiger partial charge in [0, 0.05) is 50.5 Å². The minimum Gasteiger partial charge on any atom is -0.388 e. The molecule has 2 aromatic rings. The standard InChI is InChI=1S/C19H21Cl2N3O/c1-19(25)11-23(12-19)8-13-5-6-17(22-7-13)14-9-24(10-14)18-15(20)3-2-4-16(18)21/h2-7,14,25H,8-12H2,1H3. The van der Waals surface area contributed by atoms with Gasteiger partial charge in [0.05, 0.1) is 21.3 Å². The average molecular weight is 378 g/mol. The lowest BCUT2D eigenvalue weighted by Crippen LogP contribution is -2.59. The van der Waals surface area contributed by atoms with Gasteiger partial charge in [-0.1, -0.05) is 35.3 Å². The first-order valence-electron chi connectivity index (χ1n) is 8.50. The number of nitrogens with zero attached hydrogens (tertiary/aromatic N) is 3. The average Bonchev–Trinajstić information content (AvgIpc) is 2.48. The van der Waals surface area contributed by atoms with Gasteiger partial charge in [-0.15, -0.1) is 0 Å². The summed E-state index contributed by atoms with van der Waals surface area (Å²) in [5, 5.41) is 11.2. The number of likely N-dealkylation sites (tertiary alicyclic amines) is 1. The molecule has 0 unspecified atom stereocenters. The van der Waals surface area contributed by atoms with Crippen molar-refractivity contribution in [2.24, 2.45) is 0 Å². The molecule has 1 aromatic carbocycles. The molecule has 0 aliphatic carbocycles. The van der Waals surface area contributed by atoms with Gasteiger partial charge in [0.1, 0.15) is 0 Å². The summed E-state index contributed by atoms with van der Waals surface area (Å²) in [7, 11) is 0. The van der Waals surface area contributed by atoms with Crippen molar-refractivity contribution in [2.45, 2.75) is 25.0 Å². The van der Waals surface area contributed by atoms with E-state index in [1.165, 1.54) is 5.56 Å². The number of aromatic nitrogens is 1. The summed E-state index contributed by atoms with van der Waals surface area (Å²) >= 11 is 12.6. The molecule has 4 nitrogen and oxygen atoms in total. The normalized spacial score (nSPS) is 20.2. The minimum absolute atomic E-state index is 0.408. The number of benzene rings is 1. The first-order valence-corrected chi connectivity index (χ1v) is 9.25. The summed E-state index contributed by atoms with van der Waals surface area (Å²) in [6.07, 6.45) is 1.95. The Morgan fingerprint density at radius 1 is 1.16 bits per heavy atom. The van der Waals surface area contributed by atoms with E-state index >= 15 is 0 Å². The molecule has 1 aromatic heterocycles. The zero-order valence-electron chi connectivity index (χ0n) is 14.1. The van der Waals surface area contributed by atoms with E-state index in [0.717, 1.165) is 44.1 Å². The molecule has 1 N–H and O–H groups in total. The van der Waals surface area contributed by atoms with Crippen molar-refractivity contribution in [3.63, 3.8) is 0 Å². The van der Waals surface area contributed by atoms with Crippen LogP contribution in [0.15, 0.2) is 36.5 Å². The predicted octanol–water partition coefficient (Wildman–Crippen LogP) is 3.56. The van der Waals surface area contributed by atoms with Crippen LogP contribution in [-0.2, 0) is 6.54 Å². The van der Waals surface area contributed by atoms with Gasteiger partial charge in [0.2, 0.25) is 0 Å². The Morgan fingerprint density at radius 3 is 2.40 bits per heavy atom. The second-order valence-electron chi connectivity index (χ2n) is 7.41. The highest BCUT2D eigenvalue weighted by molar-refractivity contribution is 6.39. The second-order valence-corrected chi connectivity index (χ2v) is 8.22. The van der Waals surface area contributed by atoms with Crippen molar-refractivity contribution < 1.29 is 5.11 Å². The van der Waals surface area contributed by atoms with Crippen molar-refractivity contribution in [2.75, 3.05) is 31.1 Å². The van der Waals surface area contributed by atoms with E-state index < -0.39 is 5.60 Å². The van der Waals surface area contributed by atoms with E-state index in [1.54, 1.807) is 0 Å². The third-order valence-electron chi connectivity index (χ3n) is 4.94. The van der Waals surface area contributed by atoms with Gasteiger partial charge >= 0.3 is 0 Å². The molecule has 2 fully saturated rings. The monoisotopic (exact) mass is 377 g/mol. The smallest absolute Gasteiger partial charge is 0.0872 e. The van der Waals surface area contributed by atoms with E-state index in [9.17, 15) is 5.11 Å². The van der Waals surface area contributed by atoms with E-state index in [0.29, 0.717) is 16.0 Å². The topological polar surface area (TPSA) is 39.6 Å². The summed E-state index contributed by atoms with van der Waals surface area (Å²) < 4.78 is 0. The van der Waals surface area contributed by atoms with Crippen LogP contribution in [0.5, 0.6) is 0 Å². The van der Waals surface area contributed by atoms with Crippen molar-refractivity contribution in [1.29, 1.82) is 0 Å². The van der Waals surface area contributed by atoms with E-state index in [4.69, 9.17) is 23.2 Å². The maximum atomic E-state index is 9.80. The molecule has 0 radical (unpaired) electrons. The summed E-state index contributed by atoms with van der Waals surface area (Å²) in [5.41, 5.74) is 2.69. The predicted molar refractivity (Wildman–Crippen MR) is 102 cm³/mol. The maximum Gasteiger partial charge on any atom is 0.0872 e. The Balaban J connectivity index is 1.35. The zero-order valence-corrected chi connectivity index (χ0v) is 15.6. The van der Waals surface area contributed by atoms with E-state index in [1.807, 2.05) is 31.3 Å². The Hall–Kier alpha value is -1.33. The van der Waals surface area contributed by atoms with Crippen molar-refractivity contribution in [1.82, 2.24) is 9.88 Å². The molecule has 6 heteroatoms. The molecule has 0 atom stereocenters. The first kappa shape index (κ1) is 17.1. The fourth-order valence-corrected chi connectivity index (χ4v) is 4.33. The third kappa shape index (κ3) is 3.49. The van der Waals surface area contributed by atoms with E-state index in [2.05, 4.69) is 26.9 Å². The molecule has 2 aliphatic heterocycles. The lowest BCUT2D eigenvalue weighted by molar-refractivity contribution is -0.0871. The Labute approximate surface area is 158 Å². The fraction of sp³-hybridized carbons (Fsp3) is 0.421. The highest BCUT2D eigenvalue weighted by Crippen LogP contribution is 2.39. The van der Waals surface area contributed by atoms with Gasteiger partial charge in [-0.3, -0.25) is 9.88 Å². The summed E-state index contributed by atoms with van der Waals surface area (Å²) in [6.45, 7) is 5.93. The van der Waals surface area contributed by atoms with Crippen LogP contribution in [-0.4, -0.2) is 46.8 Å². The van der Waals surface area contributed by atoms with E-state index in [-0.39, 0.29) is 0 Å². The third-order valence-corrected chi connectivity index (χ3v) is 5.55. The van der Waals surface area contributed by atoms with Crippen LogP contribution in [0.25, 0.3) is 0 Å². The Kier molecular flexibility index (Phi) is 4.40. The number of aliphatic hydroxyl groups is 1. The van der Waals surface area contributed by atoms with Gasteiger partial charge in [0.15, 0.2) is 0 Å². The van der Waals surface area contributed by atoms with Crippen LogP contribution in [0, 0.1) is 0 Å². The van der Waals surface area contributed by atoms with Crippen molar-refractivity contribution in [3.05, 3.63) is 57.8 Å². The zero-order chi connectivity index (χ0) is 17.6. The molecular weight excluding hydrogens is 357 g/mol. The SMILES string of the molecule is CC1(O)CN(Cc2ccc(C3CN(c4c(Cl)cccc4Cl)C3)nc2)C1. The number of β-amino-alcohol motifs (C(OH)–C–C–N with tert-alkyl or cyclic N) is 1. The molecule has 0 amide bonds. The number of hydrogen-bond donors (Lipinski definition) is 1. The minimum atomic E-state index is -0.525. The highest BCUT2D eigenvalue weighted by Gasteiger charge is 2.36. The molecule has 3 heterocycles. The number of pyridine rings is 1. The Bertz CT molecular complexity index is 744. The van der Waals surface area contributed by atoms with Crippen molar-refractivity contribution >= 4 is 28.9 Å². The Morgan fingerprint density at radius 2 is 1.84 bits per heavy atom. The highest BCUT2D eigenvalue weighted by atomic mass is 35.5. The molecule has 4 rings (SSSR count). The van der Waals surface area contributed by atoms with Crippen LogP contribution in [0.1, 0.15) is 24.1 Å². The summed E-state index contributed by atoms with van der Waals surface area (Å²) in [5.74, 6) is 0.408. The molecule has 2 saturated heterocycles. The van der Waals surface area contributed by atoms with Gasteiger partial charge in [-0.25, -0.2) is 0 Å². The maximum absolute atomic E-state index is 9.80. The van der Waals surface area contributed by atoms with Gasteiger partial charge in [-0.2, -0.15) is 0 Å². The lowest BCUT2D eigenvalue weighted by atomic mass is 9.94. The van der Waals surface area contributed by atoms with Gasteiger partial charge < -0.3 is 10.0 Å². The van der Waals surface area contributed by atoms with Crippen molar-refractivity contribution in [3.8, 4) is 0 Å². The van der Waals surface area contributed by atoms with Gasteiger partial charge in [0.25, 0.3) is 0 Å². The molecular formula is C19H21Cl2N3O. The largest absolute Gasteiger partial charge is 0.388 e. The molecule has 132 valence electrons. The lowest BCUT2D eigenvalue weighted by Gasteiger charge is -2.44. The van der Waals surface area contributed by atoms with Crippen LogP contribution in [0.4, 0.5) is 5.69 Å². The van der Waals surface area contributed by atoms with Crippen LogP contribution in [0.3, 0.4) is 0 Å². The van der Waals surface area contributed by atoms with Crippen LogP contribution < -0.4 is 4.90 Å². The summed E-state index contributed by atoms with van der Waals surface area (Å²) in [4.78, 5) is 9.06. The van der Waals surface area contributed by atoms with Gasteiger partial charge in [-0.05, 0) is 30.7 Å². The molecule has 2 aliphatic rings. The second kappa shape index (κ2) is 6.44. The number of rotatable bonds is 4. The molecule has 0 saturated carbocycles. The summed E-state index contributed by atoms with van der Waals surface area (Å²) in [6, 6.07) is 9.86. The molecule has 25 heavy (non-hydrogen) atoms. The molecule has 0 spiro atoms. The van der Waals surface area contributed by atoms with Crippen LogP contribution >= 0.6 is 23.2 Å². The number of anilines is 1. The fourth-order valence-electron chi connectivity index (χ4n) is 3.70. The number of hydrogen-bond acceptors (Lipinski definition) is 4.